The van der Waals surface area contributed by atoms with E-state index < -0.39 is 24.8 Å². The highest BCUT2D eigenvalue weighted by molar-refractivity contribution is 7.12. The molecule has 3 aromatic heterocycles. The summed E-state index contributed by atoms with van der Waals surface area (Å²) in [5, 5.41) is 11.6. The van der Waals surface area contributed by atoms with Crippen molar-refractivity contribution < 1.29 is 13.2 Å². The van der Waals surface area contributed by atoms with Crippen LogP contribution in [0.5, 0.6) is 0 Å². The van der Waals surface area contributed by atoms with Crippen LogP contribution in [0, 0.1) is 0 Å². The summed E-state index contributed by atoms with van der Waals surface area (Å²) in [5.41, 5.74) is -0.203. The van der Waals surface area contributed by atoms with Crippen molar-refractivity contribution in [2.45, 2.75) is 39.0 Å². The summed E-state index contributed by atoms with van der Waals surface area (Å²) in [4.78, 5) is 21.6. The van der Waals surface area contributed by atoms with Gasteiger partial charge in [0.2, 0.25) is 5.13 Å². The van der Waals surface area contributed by atoms with E-state index in [1.165, 1.54) is 11.3 Å². The maximum absolute atomic E-state index is 12.9. The number of nitrogens with zero attached hydrogens (tertiary/aromatic N) is 7. The molecule has 0 radical (unpaired) electrons. The minimum absolute atomic E-state index is 0.0934. The van der Waals surface area contributed by atoms with Gasteiger partial charge in [0.1, 0.15) is 12.4 Å². The molecule has 168 valence electrons. The molecule has 0 aliphatic rings. The van der Waals surface area contributed by atoms with E-state index in [1.807, 2.05) is 6.92 Å². The second kappa shape index (κ2) is 8.87. The molecule has 4 aromatic rings. The lowest BCUT2D eigenvalue weighted by Gasteiger charge is -2.08. The summed E-state index contributed by atoms with van der Waals surface area (Å²) in [6, 6.07) is 6.37. The van der Waals surface area contributed by atoms with Gasteiger partial charge in [-0.2, -0.15) is 17.9 Å². The lowest BCUT2D eigenvalue weighted by atomic mass is 10.2. The molecule has 0 saturated carbocycles. The molecule has 8 nitrogen and oxygen atoms in total. The fourth-order valence-electron chi connectivity index (χ4n) is 3.09. The summed E-state index contributed by atoms with van der Waals surface area (Å²) >= 11 is 7.30. The third-order valence-corrected chi connectivity index (χ3v) is 5.57. The van der Waals surface area contributed by atoms with Crippen molar-refractivity contribution in [1.29, 1.82) is 0 Å². The van der Waals surface area contributed by atoms with Crippen molar-refractivity contribution in [1.82, 2.24) is 34.1 Å². The maximum Gasteiger partial charge on any atom is 0.390 e. The standard InChI is InChI=1S/C19H17ClF3N7OS/c1-2-15-25-14(26-30(15)17-24-8-10-32-17)11-29-18(31)28(9-7-19(21,22)23)16(27-29)12-3-5-13(20)6-4-12/h3-6,8,10H,2,7,9,11H2,1H3. The van der Waals surface area contributed by atoms with Crippen molar-refractivity contribution in [3.05, 3.63) is 63.0 Å². The van der Waals surface area contributed by atoms with Crippen LogP contribution in [-0.2, 0) is 19.5 Å². The van der Waals surface area contributed by atoms with Gasteiger partial charge >= 0.3 is 11.9 Å². The number of aryl methyl sites for hydroxylation is 1. The summed E-state index contributed by atoms with van der Waals surface area (Å²) in [7, 11) is 0. The normalized spacial score (nSPS) is 11.9. The average Bonchev–Trinajstić information content (AvgIpc) is 3.47. The number of alkyl halides is 3. The summed E-state index contributed by atoms with van der Waals surface area (Å²) in [5.74, 6) is 1.07. The van der Waals surface area contributed by atoms with Crippen molar-refractivity contribution >= 4 is 22.9 Å². The molecule has 0 unspecified atom stereocenters. The first kappa shape index (κ1) is 22.2. The molecule has 0 atom stereocenters. The Labute approximate surface area is 188 Å². The zero-order chi connectivity index (χ0) is 22.9. The highest BCUT2D eigenvalue weighted by atomic mass is 35.5. The molecule has 1 aromatic carbocycles. The Morgan fingerprint density at radius 3 is 2.53 bits per heavy atom. The van der Waals surface area contributed by atoms with Gasteiger partial charge in [-0.3, -0.25) is 4.57 Å². The summed E-state index contributed by atoms with van der Waals surface area (Å²) in [6.07, 6.45) is -3.34. The molecule has 0 bridgehead atoms. The van der Waals surface area contributed by atoms with Gasteiger partial charge in [0.15, 0.2) is 11.6 Å². The van der Waals surface area contributed by atoms with E-state index in [0.29, 0.717) is 33.8 Å². The highest BCUT2D eigenvalue weighted by Gasteiger charge is 2.28. The van der Waals surface area contributed by atoms with Crippen LogP contribution in [0.15, 0.2) is 40.6 Å². The van der Waals surface area contributed by atoms with E-state index in [2.05, 4.69) is 20.2 Å². The largest absolute Gasteiger partial charge is 0.390 e. The third kappa shape index (κ3) is 4.75. The van der Waals surface area contributed by atoms with E-state index in [0.717, 1.165) is 9.25 Å². The average molecular weight is 484 g/mol. The zero-order valence-electron chi connectivity index (χ0n) is 16.8. The van der Waals surface area contributed by atoms with Crippen LogP contribution in [0.1, 0.15) is 25.0 Å². The Hall–Kier alpha value is -2.99. The van der Waals surface area contributed by atoms with E-state index in [-0.39, 0.29) is 12.4 Å². The van der Waals surface area contributed by atoms with Crippen LogP contribution in [-0.4, -0.2) is 40.3 Å². The van der Waals surface area contributed by atoms with Crippen LogP contribution in [0.4, 0.5) is 13.2 Å². The van der Waals surface area contributed by atoms with Crippen molar-refractivity contribution in [3.63, 3.8) is 0 Å². The van der Waals surface area contributed by atoms with E-state index in [4.69, 9.17) is 11.6 Å². The number of thiazole rings is 1. The Morgan fingerprint density at radius 2 is 1.91 bits per heavy atom. The smallest absolute Gasteiger partial charge is 0.275 e. The monoisotopic (exact) mass is 483 g/mol. The van der Waals surface area contributed by atoms with E-state index in [9.17, 15) is 18.0 Å². The van der Waals surface area contributed by atoms with Gasteiger partial charge in [0.25, 0.3) is 0 Å². The van der Waals surface area contributed by atoms with Crippen molar-refractivity contribution in [3.8, 4) is 16.5 Å². The number of benzene rings is 1. The molecule has 13 heteroatoms. The van der Waals surface area contributed by atoms with Crippen LogP contribution in [0.2, 0.25) is 5.02 Å². The first-order chi connectivity index (χ1) is 15.2. The fraction of sp³-hybridized carbons (Fsp3) is 0.316. The van der Waals surface area contributed by atoms with Gasteiger partial charge in [-0.05, 0) is 24.3 Å². The van der Waals surface area contributed by atoms with E-state index >= 15 is 0 Å². The number of rotatable bonds is 7. The van der Waals surface area contributed by atoms with Crippen molar-refractivity contribution in [2.75, 3.05) is 0 Å². The first-order valence-electron chi connectivity index (χ1n) is 9.60. The Morgan fingerprint density at radius 1 is 1.16 bits per heavy atom. The SMILES string of the molecule is CCc1nc(Cn2nc(-c3ccc(Cl)cc3)n(CCC(F)(F)F)c2=O)nn1-c1nccs1. The second-order valence-corrected chi connectivity index (χ2v) is 8.12. The van der Waals surface area contributed by atoms with Gasteiger partial charge < -0.3 is 0 Å². The molecule has 0 aliphatic heterocycles. The second-order valence-electron chi connectivity index (χ2n) is 6.81. The summed E-state index contributed by atoms with van der Waals surface area (Å²) < 4.78 is 42.2. The summed E-state index contributed by atoms with van der Waals surface area (Å²) in [6.45, 7) is 1.26. The Bertz CT molecular complexity index is 1260. The lowest BCUT2D eigenvalue weighted by Crippen LogP contribution is -2.27. The van der Waals surface area contributed by atoms with Crippen LogP contribution in [0.3, 0.4) is 0 Å². The first-order valence-corrected chi connectivity index (χ1v) is 10.9. The molecule has 0 amide bonds. The molecular formula is C19H17ClF3N7OS. The molecule has 0 saturated heterocycles. The maximum atomic E-state index is 12.9. The van der Waals surface area contributed by atoms with E-state index in [1.54, 1.807) is 40.5 Å². The molecule has 3 heterocycles. The Kier molecular flexibility index (Phi) is 6.15. The molecule has 32 heavy (non-hydrogen) atoms. The molecule has 0 aliphatic carbocycles. The van der Waals surface area contributed by atoms with Crippen molar-refractivity contribution in [2.24, 2.45) is 0 Å². The minimum atomic E-state index is -4.41. The number of halogens is 4. The predicted octanol–water partition coefficient (Wildman–Crippen LogP) is 3.97. The third-order valence-electron chi connectivity index (χ3n) is 4.57. The van der Waals surface area contributed by atoms with Crippen LogP contribution >= 0.6 is 22.9 Å². The number of aromatic nitrogens is 7. The fourth-order valence-corrected chi connectivity index (χ4v) is 3.83. The van der Waals surface area contributed by atoms with Gasteiger partial charge in [0, 0.05) is 35.1 Å². The molecule has 0 N–H and O–H groups in total. The molecule has 4 rings (SSSR count). The minimum Gasteiger partial charge on any atom is -0.275 e. The number of hydrogen-bond donors (Lipinski definition) is 0. The highest BCUT2D eigenvalue weighted by Crippen LogP contribution is 2.23. The van der Waals surface area contributed by atoms with Gasteiger partial charge in [-0.1, -0.05) is 18.5 Å². The number of hydrogen-bond acceptors (Lipinski definition) is 6. The zero-order valence-corrected chi connectivity index (χ0v) is 18.3. The quantitative estimate of drug-likeness (QED) is 0.397. The van der Waals surface area contributed by atoms with Gasteiger partial charge in [0.05, 0.1) is 6.42 Å². The topological polar surface area (TPSA) is 83.4 Å². The van der Waals surface area contributed by atoms with Gasteiger partial charge in [-0.25, -0.2) is 19.4 Å². The van der Waals surface area contributed by atoms with Crippen LogP contribution in [0.25, 0.3) is 16.5 Å². The van der Waals surface area contributed by atoms with Crippen LogP contribution < -0.4 is 5.69 Å². The molecular weight excluding hydrogens is 467 g/mol. The predicted molar refractivity (Wildman–Crippen MR) is 113 cm³/mol. The molecule has 0 spiro atoms. The lowest BCUT2D eigenvalue weighted by molar-refractivity contribution is -0.136. The van der Waals surface area contributed by atoms with Gasteiger partial charge in [-0.15, -0.1) is 21.5 Å². The Balaban J connectivity index is 1.72. The molecule has 0 fully saturated rings.